The minimum atomic E-state index is 0.679. The molecule has 1 atom stereocenters. The second-order valence-electron chi connectivity index (χ2n) is 6.53. The van der Waals surface area contributed by atoms with Gasteiger partial charge in [0.05, 0.1) is 6.20 Å². The van der Waals surface area contributed by atoms with E-state index in [1.165, 1.54) is 50.5 Å². The van der Waals surface area contributed by atoms with Crippen LogP contribution in [0.2, 0.25) is 0 Å². The number of hydrogen-bond acceptors (Lipinski definition) is 2. The van der Waals surface area contributed by atoms with Gasteiger partial charge < -0.3 is 5.32 Å². The SMILES string of the molecule is CCCC1CCC(C(CCc2cnn(C)c2)NC)CC1. The maximum atomic E-state index is 4.26. The van der Waals surface area contributed by atoms with Gasteiger partial charge in [-0.2, -0.15) is 5.10 Å². The molecule has 3 nitrogen and oxygen atoms in total. The largest absolute Gasteiger partial charge is 0.317 e. The van der Waals surface area contributed by atoms with Crippen LogP contribution >= 0.6 is 0 Å². The number of aromatic nitrogens is 2. The summed E-state index contributed by atoms with van der Waals surface area (Å²) in [6.07, 6.45) is 15.1. The molecule has 114 valence electrons. The molecular weight excluding hydrogens is 246 g/mol. The second kappa shape index (κ2) is 7.82. The molecule has 0 aliphatic heterocycles. The standard InChI is InChI=1S/C17H31N3/c1-4-5-14-6-9-16(10-7-14)17(18-2)11-8-15-12-19-20(3)13-15/h12-14,16-18H,4-11H2,1-3H3. The first kappa shape index (κ1) is 15.6. The van der Waals surface area contributed by atoms with Crippen molar-refractivity contribution in [1.29, 1.82) is 0 Å². The molecule has 0 saturated heterocycles. The van der Waals surface area contributed by atoms with Crippen LogP contribution in [0.1, 0.15) is 57.4 Å². The highest BCUT2D eigenvalue weighted by Gasteiger charge is 2.26. The number of hydrogen-bond donors (Lipinski definition) is 1. The summed E-state index contributed by atoms with van der Waals surface area (Å²) in [7, 11) is 4.13. The van der Waals surface area contributed by atoms with Crippen molar-refractivity contribution < 1.29 is 0 Å². The molecule has 3 heteroatoms. The quantitative estimate of drug-likeness (QED) is 0.826. The van der Waals surface area contributed by atoms with E-state index in [0.29, 0.717) is 6.04 Å². The lowest BCUT2D eigenvalue weighted by atomic mass is 9.76. The van der Waals surface area contributed by atoms with Crippen molar-refractivity contribution in [3.8, 4) is 0 Å². The third kappa shape index (κ3) is 4.34. The van der Waals surface area contributed by atoms with Gasteiger partial charge in [0.15, 0.2) is 0 Å². The first-order chi connectivity index (χ1) is 9.72. The lowest BCUT2D eigenvalue weighted by Crippen LogP contribution is -2.36. The maximum absolute atomic E-state index is 4.26. The molecular formula is C17H31N3. The fraction of sp³-hybridized carbons (Fsp3) is 0.824. The second-order valence-corrected chi connectivity index (χ2v) is 6.53. The third-order valence-corrected chi connectivity index (χ3v) is 5.03. The van der Waals surface area contributed by atoms with Gasteiger partial charge in [-0.05, 0) is 50.1 Å². The fourth-order valence-electron chi connectivity index (χ4n) is 3.83. The van der Waals surface area contributed by atoms with Gasteiger partial charge in [-0.3, -0.25) is 4.68 Å². The van der Waals surface area contributed by atoms with Crippen LogP contribution in [-0.4, -0.2) is 22.9 Å². The van der Waals surface area contributed by atoms with Crippen LogP contribution < -0.4 is 5.32 Å². The number of aryl methyl sites for hydroxylation is 2. The maximum Gasteiger partial charge on any atom is 0.0521 e. The van der Waals surface area contributed by atoms with Crippen molar-refractivity contribution in [3.05, 3.63) is 18.0 Å². The first-order valence-corrected chi connectivity index (χ1v) is 8.37. The highest BCUT2D eigenvalue weighted by atomic mass is 15.2. The van der Waals surface area contributed by atoms with E-state index in [9.17, 15) is 0 Å². The van der Waals surface area contributed by atoms with Crippen LogP contribution in [0, 0.1) is 11.8 Å². The topological polar surface area (TPSA) is 29.9 Å². The molecule has 1 aromatic rings. The van der Waals surface area contributed by atoms with Gasteiger partial charge in [0.25, 0.3) is 0 Å². The van der Waals surface area contributed by atoms with E-state index >= 15 is 0 Å². The molecule has 20 heavy (non-hydrogen) atoms. The number of rotatable bonds is 7. The summed E-state index contributed by atoms with van der Waals surface area (Å²) in [5.74, 6) is 1.89. The van der Waals surface area contributed by atoms with E-state index in [-0.39, 0.29) is 0 Å². The summed E-state index contributed by atoms with van der Waals surface area (Å²) in [5.41, 5.74) is 1.37. The summed E-state index contributed by atoms with van der Waals surface area (Å²) >= 11 is 0. The molecule has 0 radical (unpaired) electrons. The molecule has 0 aromatic carbocycles. The van der Waals surface area contributed by atoms with E-state index in [0.717, 1.165) is 18.3 Å². The summed E-state index contributed by atoms with van der Waals surface area (Å²) in [6.45, 7) is 2.32. The predicted molar refractivity (Wildman–Crippen MR) is 84.7 cm³/mol. The third-order valence-electron chi connectivity index (χ3n) is 5.03. The molecule has 1 aliphatic rings. The molecule has 1 aliphatic carbocycles. The smallest absolute Gasteiger partial charge is 0.0521 e. The molecule has 0 bridgehead atoms. The Hall–Kier alpha value is -0.830. The van der Waals surface area contributed by atoms with Gasteiger partial charge >= 0.3 is 0 Å². The average molecular weight is 277 g/mol. The van der Waals surface area contributed by atoms with Crippen molar-refractivity contribution in [2.45, 2.75) is 64.3 Å². The predicted octanol–water partition coefficient (Wildman–Crippen LogP) is 3.55. The van der Waals surface area contributed by atoms with Crippen LogP contribution in [0.4, 0.5) is 0 Å². The normalized spacial score (nSPS) is 24.8. The monoisotopic (exact) mass is 277 g/mol. The van der Waals surface area contributed by atoms with E-state index in [2.05, 4.69) is 30.6 Å². The van der Waals surface area contributed by atoms with Gasteiger partial charge in [0.2, 0.25) is 0 Å². The number of nitrogens with zero attached hydrogens (tertiary/aromatic N) is 2. The summed E-state index contributed by atoms with van der Waals surface area (Å²) in [6, 6.07) is 0.679. The summed E-state index contributed by atoms with van der Waals surface area (Å²) in [4.78, 5) is 0. The Labute approximate surface area is 124 Å². The zero-order chi connectivity index (χ0) is 14.4. The molecule has 0 amide bonds. The molecule has 1 N–H and O–H groups in total. The molecule has 1 aromatic heterocycles. The zero-order valence-electron chi connectivity index (χ0n) is 13.4. The van der Waals surface area contributed by atoms with Gasteiger partial charge in [-0.15, -0.1) is 0 Å². The lowest BCUT2D eigenvalue weighted by Gasteiger charge is -2.34. The van der Waals surface area contributed by atoms with E-state index in [1.807, 2.05) is 17.9 Å². The van der Waals surface area contributed by atoms with Gasteiger partial charge in [-0.1, -0.05) is 32.6 Å². The van der Waals surface area contributed by atoms with Crippen molar-refractivity contribution in [1.82, 2.24) is 15.1 Å². The van der Waals surface area contributed by atoms with Crippen LogP contribution in [-0.2, 0) is 13.5 Å². The Kier molecular flexibility index (Phi) is 6.08. The Morgan fingerprint density at radius 1 is 1.35 bits per heavy atom. The molecule has 1 fully saturated rings. The molecule has 2 rings (SSSR count). The Balaban J connectivity index is 1.77. The van der Waals surface area contributed by atoms with Crippen LogP contribution in [0.25, 0.3) is 0 Å². The summed E-state index contributed by atoms with van der Waals surface area (Å²) in [5, 5.41) is 7.83. The number of nitrogens with one attached hydrogen (secondary N) is 1. The minimum Gasteiger partial charge on any atom is -0.317 e. The molecule has 1 heterocycles. The van der Waals surface area contributed by atoms with Crippen molar-refractivity contribution in [2.24, 2.45) is 18.9 Å². The zero-order valence-corrected chi connectivity index (χ0v) is 13.4. The first-order valence-electron chi connectivity index (χ1n) is 8.37. The molecule has 1 unspecified atom stereocenters. The van der Waals surface area contributed by atoms with Crippen molar-refractivity contribution in [2.75, 3.05) is 7.05 Å². The van der Waals surface area contributed by atoms with E-state index in [1.54, 1.807) is 0 Å². The highest BCUT2D eigenvalue weighted by molar-refractivity contribution is 5.04. The van der Waals surface area contributed by atoms with Gasteiger partial charge in [0.1, 0.15) is 0 Å². The average Bonchev–Trinajstić information content (AvgIpc) is 2.87. The fourth-order valence-corrected chi connectivity index (χ4v) is 3.83. The Morgan fingerprint density at radius 2 is 2.10 bits per heavy atom. The molecule has 1 saturated carbocycles. The van der Waals surface area contributed by atoms with E-state index in [4.69, 9.17) is 0 Å². The van der Waals surface area contributed by atoms with Crippen LogP contribution in [0.5, 0.6) is 0 Å². The van der Waals surface area contributed by atoms with E-state index < -0.39 is 0 Å². The summed E-state index contributed by atoms with van der Waals surface area (Å²) < 4.78 is 1.90. The van der Waals surface area contributed by atoms with Crippen LogP contribution in [0.3, 0.4) is 0 Å². The Bertz CT molecular complexity index is 377. The Morgan fingerprint density at radius 3 is 2.65 bits per heavy atom. The highest BCUT2D eigenvalue weighted by Crippen LogP contribution is 2.34. The van der Waals surface area contributed by atoms with Gasteiger partial charge in [-0.25, -0.2) is 0 Å². The lowest BCUT2D eigenvalue weighted by molar-refractivity contribution is 0.212. The van der Waals surface area contributed by atoms with Crippen molar-refractivity contribution >= 4 is 0 Å². The van der Waals surface area contributed by atoms with Crippen LogP contribution in [0.15, 0.2) is 12.4 Å². The van der Waals surface area contributed by atoms with Crippen molar-refractivity contribution in [3.63, 3.8) is 0 Å². The molecule has 0 spiro atoms. The minimum absolute atomic E-state index is 0.679. The van der Waals surface area contributed by atoms with Gasteiger partial charge in [0, 0.05) is 19.3 Å².